The van der Waals surface area contributed by atoms with Crippen molar-refractivity contribution in [1.82, 2.24) is 5.32 Å². The molecule has 0 aromatic heterocycles. The largest absolute Gasteiger partial charge is 0.497 e. The van der Waals surface area contributed by atoms with Crippen LogP contribution in [0.4, 0.5) is 5.69 Å². The monoisotopic (exact) mass is 381 g/mol. The van der Waals surface area contributed by atoms with Crippen LogP contribution in [0.25, 0.3) is 0 Å². The molecular weight excluding hydrogens is 354 g/mol. The van der Waals surface area contributed by atoms with Crippen LogP contribution < -0.4 is 15.4 Å². The molecule has 0 saturated carbocycles. The number of nitrogens with one attached hydrogen (secondary N) is 2. The second-order valence-corrected chi connectivity index (χ2v) is 6.95. The fraction of sp³-hybridized carbons (Fsp3) is 0.364. The number of benzene rings is 2. The third-order valence-electron chi connectivity index (χ3n) is 4.68. The van der Waals surface area contributed by atoms with Crippen molar-refractivity contribution in [2.24, 2.45) is 4.99 Å². The summed E-state index contributed by atoms with van der Waals surface area (Å²) in [6.45, 7) is 5.35. The first-order valence-electron chi connectivity index (χ1n) is 9.51. The van der Waals surface area contributed by atoms with Gasteiger partial charge in [0, 0.05) is 17.9 Å². The van der Waals surface area contributed by atoms with Gasteiger partial charge < -0.3 is 14.8 Å². The van der Waals surface area contributed by atoms with E-state index in [0.29, 0.717) is 23.8 Å². The topological polar surface area (TPSA) is 72.0 Å². The van der Waals surface area contributed by atoms with Crippen molar-refractivity contribution in [2.45, 2.75) is 32.8 Å². The molecule has 28 heavy (non-hydrogen) atoms. The summed E-state index contributed by atoms with van der Waals surface area (Å²) >= 11 is 0. The molecule has 0 aliphatic carbocycles. The van der Waals surface area contributed by atoms with Crippen molar-refractivity contribution in [1.29, 1.82) is 0 Å². The highest BCUT2D eigenvalue weighted by Crippen LogP contribution is 2.17. The van der Waals surface area contributed by atoms with Crippen molar-refractivity contribution in [3.05, 3.63) is 59.2 Å². The molecule has 1 aliphatic heterocycles. The Balaban J connectivity index is 1.78. The molecule has 1 heterocycles. The van der Waals surface area contributed by atoms with Gasteiger partial charge >= 0.3 is 0 Å². The Kier molecular flexibility index (Phi) is 6.66. The summed E-state index contributed by atoms with van der Waals surface area (Å²) in [6, 6.07) is 13.1. The van der Waals surface area contributed by atoms with E-state index >= 15 is 0 Å². The summed E-state index contributed by atoms with van der Waals surface area (Å²) in [5.74, 6) is 0.797. The Hall–Kier alpha value is -2.86. The molecule has 1 aliphatic rings. The van der Waals surface area contributed by atoms with E-state index in [1.54, 1.807) is 31.4 Å². The molecule has 6 heteroatoms. The quantitative estimate of drug-likeness (QED) is 0.612. The number of hydrogen-bond acceptors (Lipinski definition) is 4. The van der Waals surface area contributed by atoms with Gasteiger partial charge in [-0.3, -0.25) is 10.1 Å². The number of hydrogen-bond donors (Lipinski definition) is 2. The Morgan fingerprint density at radius 1 is 1.25 bits per heavy atom. The lowest BCUT2D eigenvalue weighted by Gasteiger charge is -2.15. The molecule has 3 rings (SSSR count). The molecule has 0 spiro atoms. The molecule has 1 saturated heterocycles. The number of guanidine groups is 1. The van der Waals surface area contributed by atoms with Crippen LogP contribution in [0.3, 0.4) is 0 Å². The van der Waals surface area contributed by atoms with E-state index in [4.69, 9.17) is 9.47 Å². The Morgan fingerprint density at radius 2 is 2.11 bits per heavy atom. The van der Waals surface area contributed by atoms with Crippen molar-refractivity contribution < 1.29 is 14.3 Å². The SMILES string of the molecule is COc1cccc(C(=O)NC(=NCC2CCCO2)Nc2ccc(C)cc2C)c1. The van der Waals surface area contributed by atoms with Crippen LogP contribution >= 0.6 is 0 Å². The number of carbonyl (C=O) groups is 1. The normalized spacial score (nSPS) is 16.7. The van der Waals surface area contributed by atoms with Gasteiger partial charge in [0.2, 0.25) is 5.96 Å². The highest BCUT2D eigenvalue weighted by atomic mass is 16.5. The fourth-order valence-corrected chi connectivity index (χ4v) is 3.12. The van der Waals surface area contributed by atoms with E-state index < -0.39 is 0 Å². The van der Waals surface area contributed by atoms with Crippen LogP contribution in [-0.4, -0.2) is 38.2 Å². The summed E-state index contributed by atoms with van der Waals surface area (Å²) in [5.41, 5.74) is 3.68. The average molecular weight is 381 g/mol. The summed E-state index contributed by atoms with van der Waals surface area (Å²) in [4.78, 5) is 17.3. The molecule has 0 radical (unpaired) electrons. The van der Waals surface area contributed by atoms with E-state index in [9.17, 15) is 4.79 Å². The molecule has 148 valence electrons. The van der Waals surface area contributed by atoms with Crippen LogP contribution in [0, 0.1) is 13.8 Å². The number of nitrogens with zero attached hydrogens (tertiary/aromatic N) is 1. The molecule has 0 bridgehead atoms. The van der Waals surface area contributed by atoms with E-state index in [2.05, 4.69) is 21.7 Å². The van der Waals surface area contributed by atoms with Gasteiger partial charge in [0.1, 0.15) is 5.75 Å². The van der Waals surface area contributed by atoms with Gasteiger partial charge in [-0.05, 0) is 56.5 Å². The number of ether oxygens (including phenoxy) is 2. The minimum Gasteiger partial charge on any atom is -0.497 e. The lowest BCUT2D eigenvalue weighted by molar-refractivity contribution is 0.0975. The number of anilines is 1. The van der Waals surface area contributed by atoms with Crippen LogP contribution in [0.1, 0.15) is 34.3 Å². The minimum absolute atomic E-state index is 0.102. The van der Waals surface area contributed by atoms with Gasteiger partial charge in [-0.2, -0.15) is 0 Å². The van der Waals surface area contributed by atoms with E-state index in [1.165, 1.54) is 5.56 Å². The molecule has 1 amide bonds. The molecule has 2 N–H and O–H groups in total. The number of aliphatic imine (C=N–C) groups is 1. The zero-order valence-corrected chi connectivity index (χ0v) is 16.6. The molecule has 1 unspecified atom stereocenters. The van der Waals surface area contributed by atoms with E-state index in [0.717, 1.165) is 30.7 Å². The summed E-state index contributed by atoms with van der Waals surface area (Å²) in [6.07, 6.45) is 2.14. The molecule has 1 atom stereocenters. The summed E-state index contributed by atoms with van der Waals surface area (Å²) < 4.78 is 10.9. The number of carbonyl (C=O) groups excluding carboxylic acids is 1. The van der Waals surface area contributed by atoms with Crippen molar-refractivity contribution >= 4 is 17.6 Å². The first kappa shape index (κ1) is 19.9. The predicted molar refractivity (Wildman–Crippen MR) is 111 cm³/mol. The molecule has 2 aromatic rings. The van der Waals surface area contributed by atoms with Crippen LogP contribution in [0.5, 0.6) is 5.75 Å². The number of amides is 1. The van der Waals surface area contributed by atoms with Gasteiger partial charge in [0.05, 0.1) is 19.8 Å². The lowest BCUT2D eigenvalue weighted by atomic mass is 10.1. The van der Waals surface area contributed by atoms with Crippen molar-refractivity contribution in [3.8, 4) is 5.75 Å². The van der Waals surface area contributed by atoms with E-state index in [-0.39, 0.29) is 12.0 Å². The zero-order chi connectivity index (χ0) is 19.9. The van der Waals surface area contributed by atoms with Gasteiger partial charge in [0.15, 0.2) is 0 Å². The maximum absolute atomic E-state index is 12.7. The number of aryl methyl sites for hydroxylation is 2. The van der Waals surface area contributed by atoms with Gasteiger partial charge in [-0.1, -0.05) is 23.8 Å². The Bertz CT molecular complexity index is 858. The zero-order valence-electron chi connectivity index (χ0n) is 16.6. The molecule has 6 nitrogen and oxygen atoms in total. The molecule has 1 fully saturated rings. The second kappa shape index (κ2) is 9.37. The van der Waals surface area contributed by atoms with Crippen molar-refractivity contribution in [3.63, 3.8) is 0 Å². The average Bonchev–Trinajstić information content (AvgIpc) is 3.21. The highest BCUT2D eigenvalue weighted by Gasteiger charge is 2.16. The molecular formula is C22H27N3O3. The summed E-state index contributed by atoms with van der Waals surface area (Å²) in [5, 5.41) is 6.15. The minimum atomic E-state index is -0.248. The number of methoxy groups -OCH3 is 1. The van der Waals surface area contributed by atoms with Crippen molar-refractivity contribution in [2.75, 3.05) is 25.6 Å². The Morgan fingerprint density at radius 3 is 2.82 bits per heavy atom. The third kappa shape index (κ3) is 5.33. The third-order valence-corrected chi connectivity index (χ3v) is 4.68. The standard InChI is InChI=1S/C22H27N3O3/c1-15-9-10-20(16(2)12-15)24-22(23-14-19-8-5-11-28-19)25-21(26)17-6-4-7-18(13-17)27-3/h4,6-7,9-10,12-13,19H,5,8,11,14H2,1-3H3,(H2,23,24,25,26). The van der Waals surface area contributed by atoms with Gasteiger partial charge in [0.25, 0.3) is 5.91 Å². The van der Waals surface area contributed by atoms with Gasteiger partial charge in [-0.15, -0.1) is 0 Å². The summed E-state index contributed by atoms with van der Waals surface area (Å²) in [7, 11) is 1.58. The predicted octanol–water partition coefficient (Wildman–Crippen LogP) is 3.69. The van der Waals surface area contributed by atoms with E-state index in [1.807, 2.05) is 26.0 Å². The second-order valence-electron chi connectivity index (χ2n) is 6.95. The maximum Gasteiger partial charge on any atom is 0.258 e. The first-order chi connectivity index (χ1) is 13.5. The fourth-order valence-electron chi connectivity index (χ4n) is 3.12. The highest BCUT2D eigenvalue weighted by molar-refractivity contribution is 6.10. The smallest absolute Gasteiger partial charge is 0.258 e. The lowest BCUT2D eigenvalue weighted by Crippen LogP contribution is -2.37. The van der Waals surface area contributed by atoms with Crippen LogP contribution in [0.15, 0.2) is 47.5 Å². The maximum atomic E-state index is 12.7. The number of rotatable bonds is 5. The first-order valence-corrected chi connectivity index (χ1v) is 9.51. The molecule has 2 aromatic carbocycles. The van der Waals surface area contributed by atoms with Gasteiger partial charge in [-0.25, -0.2) is 4.99 Å². The van der Waals surface area contributed by atoms with Crippen LogP contribution in [0.2, 0.25) is 0 Å². The Labute approximate surface area is 166 Å². The van der Waals surface area contributed by atoms with Crippen LogP contribution in [-0.2, 0) is 4.74 Å².